The molecule has 2 unspecified atom stereocenters. The summed E-state index contributed by atoms with van der Waals surface area (Å²) in [6, 6.07) is 13.1. The van der Waals surface area contributed by atoms with Crippen molar-refractivity contribution in [3.63, 3.8) is 0 Å². The Labute approximate surface area is 140 Å². The number of hydrogen-bond acceptors (Lipinski definition) is 4. The quantitative estimate of drug-likeness (QED) is 0.898. The van der Waals surface area contributed by atoms with Crippen LogP contribution in [0.4, 0.5) is 10.5 Å². The number of anilines is 1. The Kier molecular flexibility index (Phi) is 3.46. The van der Waals surface area contributed by atoms with Crippen LogP contribution in [-0.2, 0) is 4.74 Å². The van der Waals surface area contributed by atoms with Crippen molar-refractivity contribution < 1.29 is 19.0 Å². The summed E-state index contributed by atoms with van der Waals surface area (Å²) in [6.45, 7) is 4.64. The van der Waals surface area contributed by atoms with Crippen molar-refractivity contribution in [1.82, 2.24) is 0 Å². The van der Waals surface area contributed by atoms with Crippen LogP contribution in [-0.4, -0.2) is 18.3 Å². The van der Waals surface area contributed by atoms with Crippen molar-refractivity contribution >= 4 is 11.8 Å². The van der Waals surface area contributed by atoms with Crippen molar-refractivity contribution in [1.29, 1.82) is 0 Å². The summed E-state index contributed by atoms with van der Waals surface area (Å²) in [5.41, 5.74) is 2.26. The van der Waals surface area contributed by atoms with Gasteiger partial charge in [0.15, 0.2) is 11.5 Å². The first kappa shape index (κ1) is 15.0. The molecule has 5 nitrogen and oxygen atoms in total. The molecule has 2 aromatic carbocycles. The number of benzene rings is 2. The molecule has 124 valence electrons. The Morgan fingerprint density at radius 1 is 1.25 bits per heavy atom. The number of carbonyl (C=O) groups is 1. The molecule has 0 spiro atoms. The second-order valence-electron chi connectivity index (χ2n) is 6.42. The zero-order valence-electron chi connectivity index (χ0n) is 13.7. The summed E-state index contributed by atoms with van der Waals surface area (Å²) in [6.07, 6.45) is 0.182. The number of ether oxygens (including phenoxy) is 3. The predicted octanol–water partition coefficient (Wildman–Crippen LogP) is 4.22. The molecule has 2 atom stereocenters. The average molecular weight is 325 g/mol. The van der Waals surface area contributed by atoms with Crippen molar-refractivity contribution in [2.45, 2.75) is 32.0 Å². The lowest BCUT2D eigenvalue weighted by atomic mass is 9.95. The molecule has 0 aliphatic carbocycles. The van der Waals surface area contributed by atoms with Crippen LogP contribution in [0.2, 0.25) is 0 Å². The zero-order valence-corrected chi connectivity index (χ0v) is 13.7. The highest BCUT2D eigenvalue weighted by Crippen LogP contribution is 2.53. The molecule has 5 heteroatoms. The van der Waals surface area contributed by atoms with Gasteiger partial charge >= 0.3 is 6.09 Å². The fourth-order valence-electron chi connectivity index (χ4n) is 3.32. The summed E-state index contributed by atoms with van der Waals surface area (Å²) < 4.78 is 17.4. The first-order chi connectivity index (χ1) is 11.6. The van der Waals surface area contributed by atoms with Gasteiger partial charge in [-0.15, -0.1) is 0 Å². The number of fused-ring (bicyclic) bond motifs is 3. The van der Waals surface area contributed by atoms with E-state index in [-0.39, 0.29) is 11.7 Å². The van der Waals surface area contributed by atoms with Gasteiger partial charge in [-0.25, -0.2) is 4.79 Å². The molecule has 1 saturated heterocycles. The van der Waals surface area contributed by atoms with E-state index in [9.17, 15) is 4.79 Å². The third kappa shape index (κ3) is 2.41. The van der Waals surface area contributed by atoms with Crippen molar-refractivity contribution in [2.24, 2.45) is 0 Å². The van der Waals surface area contributed by atoms with Gasteiger partial charge in [-0.1, -0.05) is 30.3 Å². The number of aryl methyl sites for hydroxylation is 1. The summed E-state index contributed by atoms with van der Waals surface area (Å²) in [5.74, 6) is 1.02. The molecule has 1 N–H and O–H groups in total. The van der Waals surface area contributed by atoms with Crippen LogP contribution in [0, 0.1) is 6.92 Å². The van der Waals surface area contributed by atoms with Crippen LogP contribution in [0.3, 0.4) is 0 Å². The molecule has 0 bridgehead atoms. The minimum Gasteiger partial charge on any atom is -0.480 e. The third-order valence-corrected chi connectivity index (χ3v) is 4.65. The van der Waals surface area contributed by atoms with E-state index >= 15 is 0 Å². The molecule has 2 aliphatic heterocycles. The minimum atomic E-state index is -0.538. The van der Waals surface area contributed by atoms with E-state index in [0.29, 0.717) is 18.1 Å². The van der Waals surface area contributed by atoms with Gasteiger partial charge in [0.05, 0.1) is 6.61 Å². The van der Waals surface area contributed by atoms with Crippen LogP contribution >= 0.6 is 0 Å². The second kappa shape index (κ2) is 5.53. The molecule has 2 aromatic rings. The highest BCUT2D eigenvalue weighted by atomic mass is 16.6. The maximum Gasteiger partial charge on any atom is 0.417 e. The van der Waals surface area contributed by atoms with Gasteiger partial charge in [-0.3, -0.25) is 5.32 Å². The first-order valence-electron chi connectivity index (χ1n) is 8.05. The summed E-state index contributed by atoms with van der Waals surface area (Å²) in [7, 11) is 0. The minimum absolute atomic E-state index is 0.101. The fourth-order valence-corrected chi connectivity index (χ4v) is 3.32. The monoisotopic (exact) mass is 325 g/mol. The fraction of sp³-hybridized carbons (Fsp3) is 0.316. The maximum atomic E-state index is 12.2. The molecule has 2 aliphatic rings. The van der Waals surface area contributed by atoms with Crippen LogP contribution in [0.5, 0.6) is 11.5 Å². The molecular weight excluding hydrogens is 306 g/mol. The number of amides is 1. The first-order valence-corrected chi connectivity index (χ1v) is 8.05. The standard InChI is InChI=1S/C19H19NO4/c1-12-6-3-4-8-14(12)20-18(21)23-15-9-5-7-13-16(15)24-19(2)10-11-22-17(13)19/h3-9,17H,10-11H2,1-2H3,(H,20,21). The summed E-state index contributed by atoms with van der Waals surface area (Å²) in [4.78, 5) is 12.2. The van der Waals surface area contributed by atoms with E-state index in [1.54, 1.807) is 6.07 Å². The number of nitrogens with one attached hydrogen (secondary N) is 1. The van der Waals surface area contributed by atoms with Crippen LogP contribution < -0.4 is 14.8 Å². The molecule has 2 heterocycles. The Balaban J connectivity index is 1.56. The average Bonchev–Trinajstić information content (AvgIpc) is 3.04. The van der Waals surface area contributed by atoms with Gasteiger partial charge < -0.3 is 14.2 Å². The number of rotatable bonds is 2. The Morgan fingerprint density at radius 3 is 2.92 bits per heavy atom. The SMILES string of the molecule is Cc1ccccc1NC(=O)Oc1cccc2c1OC1(C)CCOC21. The summed E-state index contributed by atoms with van der Waals surface area (Å²) >= 11 is 0. The molecule has 1 fully saturated rings. The van der Waals surface area contributed by atoms with Gasteiger partial charge in [0, 0.05) is 17.7 Å². The lowest BCUT2D eigenvalue weighted by molar-refractivity contribution is 0.0221. The summed E-state index contributed by atoms with van der Waals surface area (Å²) in [5, 5.41) is 2.76. The van der Waals surface area contributed by atoms with E-state index in [4.69, 9.17) is 14.2 Å². The molecule has 4 rings (SSSR count). The van der Waals surface area contributed by atoms with Crippen molar-refractivity contribution in [3.8, 4) is 11.5 Å². The molecule has 0 aromatic heterocycles. The smallest absolute Gasteiger partial charge is 0.417 e. The molecule has 24 heavy (non-hydrogen) atoms. The zero-order chi connectivity index (χ0) is 16.7. The lowest BCUT2D eigenvalue weighted by Gasteiger charge is -2.21. The third-order valence-electron chi connectivity index (χ3n) is 4.65. The Morgan fingerprint density at radius 2 is 2.08 bits per heavy atom. The van der Waals surface area contributed by atoms with E-state index in [2.05, 4.69) is 5.32 Å². The van der Waals surface area contributed by atoms with Crippen molar-refractivity contribution in [3.05, 3.63) is 53.6 Å². The van der Waals surface area contributed by atoms with Gasteiger partial charge in [0.25, 0.3) is 0 Å². The Hall–Kier alpha value is -2.53. The van der Waals surface area contributed by atoms with Gasteiger partial charge in [-0.2, -0.15) is 0 Å². The van der Waals surface area contributed by atoms with E-state index in [0.717, 1.165) is 23.2 Å². The topological polar surface area (TPSA) is 56.8 Å². The largest absolute Gasteiger partial charge is 0.480 e. The van der Waals surface area contributed by atoms with Gasteiger partial charge in [0.2, 0.25) is 0 Å². The molecular formula is C19H19NO4. The highest BCUT2D eigenvalue weighted by Gasteiger charge is 2.50. The van der Waals surface area contributed by atoms with Gasteiger partial charge in [0.1, 0.15) is 11.7 Å². The highest BCUT2D eigenvalue weighted by molar-refractivity contribution is 5.87. The Bertz CT molecular complexity index is 804. The molecule has 1 amide bonds. The number of carbonyl (C=O) groups excluding carboxylic acids is 1. The normalized spacial score (nSPS) is 24.0. The van der Waals surface area contributed by atoms with E-state index < -0.39 is 6.09 Å². The number of para-hydroxylation sites is 2. The molecule has 0 radical (unpaired) electrons. The van der Waals surface area contributed by atoms with Gasteiger partial charge in [-0.05, 0) is 31.5 Å². The number of hydrogen-bond donors (Lipinski definition) is 1. The van der Waals surface area contributed by atoms with Crippen LogP contribution in [0.15, 0.2) is 42.5 Å². The lowest BCUT2D eigenvalue weighted by Crippen LogP contribution is -2.29. The van der Waals surface area contributed by atoms with Crippen LogP contribution in [0.25, 0.3) is 0 Å². The van der Waals surface area contributed by atoms with E-state index in [1.807, 2.05) is 50.2 Å². The maximum absolute atomic E-state index is 12.2. The second-order valence-corrected chi connectivity index (χ2v) is 6.42. The van der Waals surface area contributed by atoms with E-state index in [1.165, 1.54) is 0 Å². The van der Waals surface area contributed by atoms with Crippen LogP contribution in [0.1, 0.15) is 30.6 Å². The van der Waals surface area contributed by atoms with Crippen molar-refractivity contribution in [2.75, 3.05) is 11.9 Å². The molecule has 0 saturated carbocycles. The predicted molar refractivity (Wildman–Crippen MR) is 89.6 cm³/mol.